The Hall–Kier alpha value is -1.55. The highest BCUT2D eigenvalue weighted by atomic mass is 16.6. The van der Waals surface area contributed by atoms with Gasteiger partial charge in [0, 0.05) is 6.54 Å². The van der Waals surface area contributed by atoms with Crippen LogP contribution >= 0.6 is 0 Å². The molecule has 1 aliphatic heterocycles. The molecule has 0 saturated carbocycles. The number of nitrogens with zero attached hydrogens (tertiary/aromatic N) is 1. The molecule has 1 aromatic rings. The van der Waals surface area contributed by atoms with Crippen LogP contribution in [0.25, 0.3) is 0 Å². The molecule has 1 heterocycles. The van der Waals surface area contributed by atoms with Crippen molar-refractivity contribution < 1.29 is 9.53 Å². The van der Waals surface area contributed by atoms with E-state index in [0.717, 1.165) is 11.3 Å². The second-order valence-electron chi connectivity index (χ2n) is 4.54. The van der Waals surface area contributed by atoms with Crippen LogP contribution in [0.4, 0.5) is 10.5 Å². The first-order valence-electron chi connectivity index (χ1n) is 5.31. The maximum Gasteiger partial charge on any atom is 0.415 e. The molecular weight excluding hydrogens is 204 g/mol. The van der Waals surface area contributed by atoms with Gasteiger partial charge in [-0.2, -0.15) is 0 Å². The Bertz CT molecular complexity index is 415. The Morgan fingerprint density at radius 2 is 2.12 bits per heavy atom. The van der Waals surface area contributed by atoms with Gasteiger partial charge in [0.05, 0.1) is 11.2 Å². The Kier molecular flexibility index (Phi) is 2.59. The van der Waals surface area contributed by atoms with Crippen LogP contribution in [0.2, 0.25) is 0 Å². The molecule has 1 aromatic carbocycles. The number of anilines is 1. The van der Waals surface area contributed by atoms with Crippen LogP contribution in [0.3, 0.4) is 0 Å². The average Bonchev–Trinajstić information content (AvgIpc) is 2.53. The molecule has 1 saturated heterocycles. The van der Waals surface area contributed by atoms with Gasteiger partial charge in [-0.05, 0) is 25.5 Å². The number of amides is 1. The van der Waals surface area contributed by atoms with Crippen molar-refractivity contribution >= 4 is 11.8 Å². The highest BCUT2D eigenvalue weighted by Gasteiger charge is 2.41. The number of hydrogen-bond acceptors (Lipinski definition) is 3. The third-order valence-electron chi connectivity index (χ3n) is 2.79. The first-order chi connectivity index (χ1) is 7.56. The van der Waals surface area contributed by atoms with E-state index >= 15 is 0 Å². The van der Waals surface area contributed by atoms with Gasteiger partial charge in [0.25, 0.3) is 0 Å². The summed E-state index contributed by atoms with van der Waals surface area (Å²) in [5, 5.41) is 0. The van der Waals surface area contributed by atoms with Crippen molar-refractivity contribution in [2.45, 2.75) is 25.9 Å². The zero-order valence-corrected chi connectivity index (χ0v) is 9.56. The van der Waals surface area contributed by atoms with Gasteiger partial charge in [-0.3, -0.25) is 4.90 Å². The zero-order valence-electron chi connectivity index (χ0n) is 9.56. The Morgan fingerprint density at radius 3 is 2.69 bits per heavy atom. The molecule has 2 rings (SSSR count). The Morgan fingerprint density at radius 1 is 1.44 bits per heavy atom. The number of carbonyl (C=O) groups excluding carboxylic acids is 1. The maximum atomic E-state index is 11.7. The van der Waals surface area contributed by atoms with Crippen molar-refractivity contribution in [1.29, 1.82) is 0 Å². The fourth-order valence-corrected chi connectivity index (χ4v) is 1.94. The lowest BCUT2D eigenvalue weighted by atomic mass is 10.0. The summed E-state index contributed by atoms with van der Waals surface area (Å²) in [6, 6.07) is 7.64. The topological polar surface area (TPSA) is 55.6 Å². The molecule has 0 spiro atoms. The molecule has 1 fully saturated rings. The number of benzene rings is 1. The van der Waals surface area contributed by atoms with Crippen molar-refractivity contribution in [2.24, 2.45) is 5.73 Å². The number of para-hydroxylation sites is 1. The lowest BCUT2D eigenvalue weighted by molar-refractivity contribution is 0.175. The molecule has 0 aliphatic carbocycles. The smallest absolute Gasteiger partial charge is 0.415 e. The van der Waals surface area contributed by atoms with Crippen molar-refractivity contribution in [2.75, 3.05) is 11.5 Å². The van der Waals surface area contributed by atoms with Gasteiger partial charge < -0.3 is 10.5 Å². The summed E-state index contributed by atoms with van der Waals surface area (Å²) < 4.78 is 5.08. The number of ether oxygens (including phenoxy) is 1. The molecule has 0 bridgehead atoms. The van der Waals surface area contributed by atoms with E-state index in [4.69, 9.17) is 10.5 Å². The molecule has 0 aromatic heterocycles. The van der Waals surface area contributed by atoms with Crippen LogP contribution in [0.1, 0.15) is 19.4 Å². The standard InChI is InChI=1S/C12H16N2O2/c1-12(2)8-16-11(15)14(12)10-6-4-3-5-9(10)7-13/h3-6H,7-8,13H2,1-2H3. The van der Waals surface area contributed by atoms with Crippen molar-refractivity contribution in [3.63, 3.8) is 0 Å². The monoisotopic (exact) mass is 220 g/mol. The summed E-state index contributed by atoms with van der Waals surface area (Å²) in [5.41, 5.74) is 7.15. The Balaban J connectivity index is 2.46. The van der Waals surface area contributed by atoms with E-state index in [1.165, 1.54) is 0 Å². The molecule has 4 heteroatoms. The van der Waals surface area contributed by atoms with E-state index in [2.05, 4.69) is 0 Å². The number of nitrogens with two attached hydrogens (primary N) is 1. The third-order valence-corrected chi connectivity index (χ3v) is 2.79. The van der Waals surface area contributed by atoms with Crippen molar-refractivity contribution in [1.82, 2.24) is 0 Å². The maximum absolute atomic E-state index is 11.7. The van der Waals surface area contributed by atoms with Gasteiger partial charge in [0.2, 0.25) is 0 Å². The predicted octanol–water partition coefficient (Wildman–Crippen LogP) is 1.88. The molecule has 2 N–H and O–H groups in total. The van der Waals surface area contributed by atoms with Crippen molar-refractivity contribution in [3.05, 3.63) is 29.8 Å². The van der Waals surface area contributed by atoms with Crippen LogP contribution in [0.15, 0.2) is 24.3 Å². The van der Waals surface area contributed by atoms with Crippen LogP contribution in [0.5, 0.6) is 0 Å². The predicted molar refractivity (Wildman–Crippen MR) is 62.2 cm³/mol. The first kappa shape index (κ1) is 11.0. The highest BCUT2D eigenvalue weighted by molar-refractivity contribution is 5.92. The minimum Gasteiger partial charge on any atom is -0.447 e. The normalized spacial score (nSPS) is 18.7. The lowest BCUT2D eigenvalue weighted by Gasteiger charge is -2.29. The van der Waals surface area contributed by atoms with Gasteiger partial charge in [-0.25, -0.2) is 4.79 Å². The number of carbonyl (C=O) groups is 1. The second kappa shape index (κ2) is 3.79. The summed E-state index contributed by atoms with van der Waals surface area (Å²) in [7, 11) is 0. The molecule has 16 heavy (non-hydrogen) atoms. The van der Waals surface area contributed by atoms with E-state index in [9.17, 15) is 4.79 Å². The van der Waals surface area contributed by atoms with Crippen LogP contribution in [0, 0.1) is 0 Å². The summed E-state index contributed by atoms with van der Waals surface area (Å²) in [5.74, 6) is 0. The van der Waals surface area contributed by atoms with Crippen LogP contribution in [-0.2, 0) is 11.3 Å². The van der Waals surface area contributed by atoms with Gasteiger partial charge in [0.15, 0.2) is 0 Å². The molecular formula is C12H16N2O2. The highest BCUT2D eigenvalue weighted by Crippen LogP contribution is 2.32. The molecule has 0 radical (unpaired) electrons. The molecule has 1 amide bonds. The molecule has 0 unspecified atom stereocenters. The molecule has 0 atom stereocenters. The summed E-state index contributed by atoms with van der Waals surface area (Å²) in [6.45, 7) is 4.77. The van der Waals surface area contributed by atoms with Crippen LogP contribution in [-0.4, -0.2) is 18.2 Å². The van der Waals surface area contributed by atoms with E-state index in [1.54, 1.807) is 4.90 Å². The largest absolute Gasteiger partial charge is 0.447 e. The average molecular weight is 220 g/mol. The third kappa shape index (κ3) is 1.65. The minimum atomic E-state index is -0.317. The van der Waals surface area contributed by atoms with Crippen LogP contribution < -0.4 is 10.6 Å². The van der Waals surface area contributed by atoms with Gasteiger partial charge in [0.1, 0.15) is 6.61 Å². The van der Waals surface area contributed by atoms with E-state index in [-0.39, 0.29) is 11.6 Å². The molecule has 1 aliphatic rings. The number of hydrogen-bond donors (Lipinski definition) is 1. The van der Waals surface area contributed by atoms with E-state index < -0.39 is 0 Å². The summed E-state index contributed by atoms with van der Waals surface area (Å²) >= 11 is 0. The molecule has 86 valence electrons. The first-order valence-corrected chi connectivity index (χ1v) is 5.31. The van der Waals surface area contributed by atoms with Gasteiger partial charge in [-0.1, -0.05) is 18.2 Å². The Labute approximate surface area is 95.0 Å². The van der Waals surface area contributed by atoms with Crippen molar-refractivity contribution in [3.8, 4) is 0 Å². The fraction of sp³-hybridized carbons (Fsp3) is 0.417. The molecule has 4 nitrogen and oxygen atoms in total. The summed E-state index contributed by atoms with van der Waals surface area (Å²) in [6.07, 6.45) is -0.300. The number of rotatable bonds is 2. The lowest BCUT2D eigenvalue weighted by Crippen LogP contribution is -2.42. The SMILES string of the molecule is CC1(C)COC(=O)N1c1ccccc1CN. The van der Waals surface area contributed by atoms with Gasteiger partial charge in [-0.15, -0.1) is 0 Å². The second-order valence-corrected chi connectivity index (χ2v) is 4.54. The number of cyclic esters (lactones) is 1. The minimum absolute atomic E-state index is 0.300. The summed E-state index contributed by atoms with van der Waals surface area (Å²) in [4.78, 5) is 13.4. The zero-order chi connectivity index (χ0) is 11.8. The fourth-order valence-electron chi connectivity index (χ4n) is 1.94. The quantitative estimate of drug-likeness (QED) is 0.828. The van der Waals surface area contributed by atoms with Gasteiger partial charge >= 0.3 is 6.09 Å². The van der Waals surface area contributed by atoms with E-state index in [1.807, 2.05) is 38.1 Å². The van der Waals surface area contributed by atoms with E-state index in [0.29, 0.717) is 13.2 Å².